The molecule has 4 heteroatoms. The van der Waals surface area contributed by atoms with Gasteiger partial charge in [0.1, 0.15) is 6.10 Å². The van der Waals surface area contributed by atoms with Crippen LogP contribution in [0.5, 0.6) is 0 Å². The molecule has 0 aromatic heterocycles. The Labute approximate surface area is 79.4 Å². The highest BCUT2D eigenvalue weighted by Gasteiger charge is 2.39. The molecule has 13 heavy (non-hydrogen) atoms. The van der Waals surface area contributed by atoms with Crippen LogP contribution < -0.4 is 0 Å². The van der Waals surface area contributed by atoms with Crippen molar-refractivity contribution in [3.63, 3.8) is 0 Å². The molecule has 1 heterocycles. The molecule has 78 valence electrons. The molecule has 0 aliphatic carbocycles. The van der Waals surface area contributed by atoms with Gasteiger partial charge in [0.25, 0.3) is 0 Å². The van der Waals surface area contributed by atoms with E-state index in [1.807, 2.05) is 14.1 Å². The van der Waals surface area contributed by atoms with E-state index in [4.69, 9.17) is 9.47 Å². The van der Waals surface area contributed by atoms with Gasteiger partial charge in [0.2, 0.25) is 0 Å². The summed E-state index contributed by atoms with van der Waals surface area (Å²) in [7, 11) is 5.60. The van der Waals surface area contributed by atoms with Gasteiger partial charge >= 0.3 is 0 Å². The maximum absolute atomic E-state index is 9.48. The predicted octanol–water partition coefficient (Wildman–Crippen LogP) is 0.0588. The van der Waals surface area contributed by atoms with Gasteiger partial charge in [0, 0.05) is 19.6 Å². The zero-order valence-electron chi connectivity index (χ0n) is 8.73. The topological polar surface area (TPSA) is 41.9 Å². The van der Waals surface area contributed by atoms with Gasteiger partial charge in [-0.1, -0.05) is 0 Å². The second-order valence-electron chi connectivity index (χ2n) is 3.77. The van der Waals surface area contributed by atoms with Crippen molar-refractivity contribution in [1.82, 2.24) is 4.90 Å². The standard InChI is InChI=1S/C9H19NO3/c1-6(11)9-7(10(2)3)5-8(12-4)13-9/h6-9,11H,5H2,1-4H3/t6-,7-,8?,9+/m1/s1. The highest BCUT2D eigenvalue weighted by molar-refractivity contribution is 4.87. The van der Waals surface area contributed by atoms with Crippen LogP contribution in [0.2, 0.25) is 0 Å². The summed E-state index contributed by atoms with van der Waals surface area (Å²) in [4.78, 5) is 2.07. The first kappa shape index (κ1) is 10.9. The molecule has 0 aromatic rings. The average Bonchev–Trinajstić information content (AvgIpc) is 2.47. The van der Waals surface area contributed by atoms with E-state index < -0.39 is 6.10 Å². The number of hydrogen-bond donors (Lipinski definition) is 1. The molecule has 0 spiro atoms. The Morgan fingerprint density at radius 3 is 2.46 bits per heavy atom. The van der Waals surface area contributed by atoms with Crippen LogP contribution in [0, 0.1) is 0 Å². The smallest absolute Gasteiger partial charge is 0.159 e. The lowest BCUT2D eigenvalue weighted by atomic mass is 10.1. The molecule has 0 saturated carbocycles. The fraction of sp³-hybridized carbons (Fsp3) is 1.00. The molecule has 0 radical (unpaired) electrons. The molecule has 1 N–H and O–H groups in total. The van der Waals surface area contributed by atoms with Crippen LogP contribution in [-0.2, 0) is 9.47 Å². The Balaban J connectivity index is 2.60. The maximum Gasteiger partial charge on any atom is 0.159 e. The summed E-state index contributed by atoms with van der Waals surface area (Å²) in [5, 5.41) is 9.48. The fourth-order valence-corrected chi connectivity index (χ4v) is 1.74. The number of methoxy groups -OCH3 is 1. The van der Waals surface area contributed by atoms with Gasteiger partial charge in [-0.2, -0.15) is 0 Å². The van der Waals surface area contributed by atoms with Crippen LogP contribution >= 0.6 is 0 Å². The zero-order chi connectivity index (χ0) is 10.0. The maximum atomic E-state index is 9.48. The fourth-order valence-electron chi connectivity index (χ4n) is 1.74. The number of aliphatic hydroxyl groups is 1. The molecule has 1 aliphatic rings. The highest BCUT2D eigenvalue weighted by Crippen LogP contribution is 2.26. The van der Waals surface area contributed by atoms with Crippen LogP contribution in [0.25, 0.3) is 0 Å². The molecule has 1 unspecified atom stereocenters. The molecule has 1 rings (SSSR count). The lowest BCUT2D eigenvalue weighted by molar-refractivity contribution is -0.139. The van der Waals surface area contributed by atoms with E-state index in [-0.39, 0.29) is 18.4 Å². The Morgan fingerprint density at radius 1 is 1.54 bits per heavy atom. The van der Waals surface area contributed by atoms with E-state index >= 15 is 0 Å². The van der Waals surface area contributed by atoms with E-state index in [1.165, 1.54) is 0 Å². The summed E-state index contributed by atoms with van der Waals surface area (Å²) in [5.74, 6) is 0. The van der Waals surface area contributed by atoms with Crippen LogP contribution in [0.3, 0.4) is 0 Å². The second-order valence-corrected chi connectivity index (χ2v) is 3.77. The monoisotopic (exact) mass is 189 g/mol. The zero-order valence-corrected chi connectivity index (χ0v) is 8.73. The predicted molar refractivity (Wildman–Crippen MR) is 49.4 cm³/mol. The Morgan fingerprint density at radius 2 is 2.15 bits per heavy atom. The van der Waals surface area contributed by atoms with Gasteiger partial charge in [-0.3, -0.25) is 0 Å². The lowest BCUT2D eigenvalue weighted by Gasteiger charge is -2.26. The normalized spacial score (nSPS) is 36.9. The summed E-state index contributed by atoms with van der Waals surface area (Å²) in [6.07, 6.45) is 0.0542. The summed E-state index contributed by atoms with van der Waals surface area (Å²) >= 11 is 0. The van der Waals surface area contributed by atoms with Crippen LogP contribution in [-0.4, -0.2) is 55.8 Å². The molecule has 0 amide bonds. The number of ether oxygens (including phenoxy) is 2. The molecule has 4 nitrogen and oxygen atoms in total. The van der Waals surface area contributed by atoms with E-state index in [0.717, 1.165) is 6.42 Å². The minimum atomic E-state index is -0.451. The molecule has 0 aromatic carbocycles. The first-order valence-corrected chi connectivity index (χ1v) is 4.59. The Hall–Kier alpha value is -0.160. The van der Waals surface area contributed by atoms with Crippen LogP contribution in [0.4, 0.5) is 0 Å². The number of rotatable bonds is 3. The Bertz CT molecular complexity index is 145. The van der Waals surface area contributed by atoms with Gasteiger partial charge < -0.3 is 19.5 Å². The molecular formula is C9H19NO3. The van der Waals surface area contributed by atoms with Crippen molar-refractivity contribution in [2.75, 3.05) is 21.2 Å². The highest BCUT2D eigenvalue weighted by atomic mass is 16.7. The molecular weight excluding hydrogens is 170 g/mol. The van der Waals surface area contributed by atoms with Gasteiger partial charge in [-0.25, -0.2) is 0 Å². The van der Waals surface area contributed by atoms with E-state index in [2.05, 4.69) is 4.90 Å². The van der Waals surface area contributed by atoms with Crippen molar-refractivity contribution in [2.24, 2.45) is 0 Å². The van der Waals surface area contributed by atoms with Crippen molar-refractivity contribution in [2.45, 2.75) is 37.9 Å². The number of aliphatic hydroxyl groups excluding tert-OH is 1. The Kier molecular flexibility index (Phi) is 3.67. The van der Waals surface area contributed by atoms with Crippen molar-refractivity contribution in [1.29, 1.82) is 0 Å². The molecule has 4 atom stereocenters. The van der Waals surface area contributed by atoms with Gasteiger partial charge in [0.05, 0.1) is 6.10 Å². The van der Waals surface area contributed by atoms with Crippen molar-refractivity contribution >= 4 is 0 Å². The summed E-state index contributed by atoms with van der Waals surface area (Å²) in [6, 6.07) is 0.241. The molecule has 1 aliphatic heterocycles. The third-order valence-corrected chi connectivity index (χ3v) is 2.52. The van der Waals surface area contributed by atoms with Crippen molar-refractivity contribution < 1.29 is 14.6 Å². The van der Waals surface area contributed by atoms with Gasteiger partial charge in [0.15, 0.2) is 6.29 Å². The average molecular weight is 189 g/mol. The van der Waals surface area contributed by atoms with E-state index in [1.54, 1.807) is 14.0 Å². The third-order valence-electron chi connectivity index (χ3n) is 2.52. The first-order chi connectivity index (χ1) is 6.06. The van der Waals surface area contributed by atoms with Gasteiger partial charge in [-0.05, 0) is 21.0 Å². The summed E-state index contributed by atoms with van der Waals surface area (Å²) < 4.78 is 10.6. The van der Waals surface area contributed by atoms with Crippen molar-refractivity contribution in [3.05, 3.63) is 0 Å². The molecule has 1 saturated heterocycles. The van der Waals surface area contributed by atoms with Crippen molar-refractivity contribution in [3.8, 4) is 0 Å². The lowest BCUT2D eigenvalue weighted by Crippen LogP contribution is -2.41. The molecule has 0 bridgehead atoms. The minimum Gasteiger partial charge on any atom is -0.391 e. The van der Waals surface area contributed by atoms with Crippen LogP contribution in [0.1, 0.15) is 13.3 Å². The first-order valence-electron chi connectivity index (χ1n) is 4.59. The summed E-state index contributed by atoms with van der Waals surface area (Å²) in [6.45, 7) is 1.75. The van der Waals surface area contributed by atoms with E-state index in [9.17, 15) is 5.11 Å². The minimum absolute atomic E-state index is 0.139. The summed E-state index contributed by atoms with van der Waals surface area (Å²) in [5.41, 5.74) is 0. The van der Waals surface area contributed by atoms with Crippen LogP contribution in [0.15, 0.2) is 0 Å². The quantitative estimate of drug-likeness (QED) is 0.681. The van der Waals surface area contributed by atoms with E-state index in [0.29, 0.717) is 0 Å². The number of likely N-dealkylation sites (N-methyl/N-ethyl adjacent to an activating group) is 1. The largest absolute Gasteiger partial charge is 0.391 e. The second kappa shape index (κ2) is 4.37. The number of nitrogens with zero attached hydrogens (tertiary/aromatic N) is 1. The molecule has 1 fully saturated rings. The number of hydrogen-bond acceptors (Lipinski definition) is 4. The van der Waals surface area contributed by atoms with Gasteiger partial charge in [-0.15, -0.1) is 0 Å². The third kappa shape index (κ3) is 2.40. The SMILES string of the molecule is COC1C[C@@H](N(C)C)[C@H]([C@@H](C)O)O1.